The fourth-order valence-corrected chi connectivity index (χ4v) is 3.79. The summed E-state index contributed by atoms with van der Waals surface area (Å²) in [4.78, 5) is 23.9. The molecule has 1 heterocycles. The highest BCUT2D eigenvalue weighted by Gasteiger charge is 2.12. The van der Waals surface area contributed by atoms with Gasteiger partial charge in [-0.25, -0.2) is 10.2 Å². The van der Waals surface area contributed by atoms with Crippen molar-refractivity contribution < 1.29 is 28.2 Å². The molecule has 170 valence electrons. The van der Waals surface area contributed by atoms with Gasteiger partial charge in [-0.15, -0.1) is 0 Å². The van der Waals surface area contributed by atoms with Crippen LogP contribution in [0, 0.1) is 0 Å². The van der Waals surface area contributed by atoms with Crippen molar-refractivity contribution in [1.82, 2.24) is 5.43 Å². The molecule has 3 rings (SSSR count). The van der Waals surface area contributed by atoms with Gasteiger partial charge in [0.2, 0.25) is 0 Å². The van der Waals surface area contributed by atoms with E-state index in [0.29, 0.717) is 33.0 Å². The topological polar surface area (TPSA) is 99.4 Å². The average Bonchev–Trinajstić information content (AvgIpc) is 3.31. The van der Waals surface area contributed by atoms with E-state index in [1.807, 2.05) is 0 Å². The second-order valence-electron chi connectivity index (χ2n) is 6.34. The lowest BCUT2D eigenvalue weighted by atomic mass is 10.2. The Balaban J connectivity index is 1.46. The maximum atomic E-state index is 12.0. The Morgan fingerprint density at radius 1 is 1.15 bits per heavy atom. The van der Waals surface area contributed by atoms with Crippen LogP contribution < -0.4 is 19.6 Å². The number of ether oxygens (including phenoxy) is 3. The standard InChI is InChI=1S/C23H18Br2N2O6/c1-30-20-12-16(24)11-19(25)23(20)32-14-21(28)27-26-13-15-4-6-18(7-5-15)33-22(29)9-8-17-3-2-10-31-17/h2-13H,14H2,1H3,(H,27,28)/b9-8+,26-13-. The van der Waals surface area contributed by atoms with E-state index in [4.69, 9.17) is 18.6 Å². The van der Waals surface area contributed by atoms with Gasteiger partial charge >= 0.3 is 5.97 Å². The van der Waals surface area contributed by atoms with Gasteiger partial charge in [-0.1, -0.05) is 15.9 Å². The summed E-state index contributed by atoms with van der Waals surface area (Å²) in [6.07, 6.45) is 5.76. The Morgan fingerprint density at radius 3 is 2.64 bits per heavy atom. The maximum absolute atomic E-state index is 12.0. The first kappa shape index (κ1) is 24.3. The fourth-order valence-electron chi connectivity index (χ4n) is 2.49. The molecule has 0 fully saturated rings. The summed E-state index contributed by atoms with van der Waals surface area (Å²) in [5.41, 5.74) is 3.08. The van der Waals surface area contributed by atoms with Crippen molar-refractivity contribution in [2.24, 2.45) is 5.10 Å². The molecule has 0 atom stereocenters. The minimum atomic E-state index is -0.533. The molecule has 0 saturated carbocycles. The van der Waals surface area contributed by atoms with Crippen molar-refractivity contribution >= 4 is 56.0 Å². The number of amides is 1. The van der Waals surface area contributed by atoms with Crippen molar-refractivity contribution in [2.45, 2.75) is 0 Å². The summed E-state index contributed by atoms with van der Waals surface area (Å²) in [5, 5.41) is 3.90. The van der Waals surface area contributed by atoms with Crippen LogP contribution in [0.5, 0.6) is 17.2 Å². The van der Waals surface area contributed by atoms with E-state index < -0.39 is 11.9 Å². The van der Waals surface area contributed by atoms with E-state index in [0.717, 1.165) is 4.47 Å². The molecule has 1 aromatic heterocycles. The molecule has 0 spiro atoms. The normalized spacial score (nSPS) is 11.0. The molecule has 33 heavy (non-hydrogen) atoms. The van der Waals surface area contributed by atoms with E-state index in [2.05, 4.69) is 42.4 Å². The first-order valence-electron chi connectivity index (χ1n) is 9.46. The number of nitrogens with one attached hydrogen (secondary N) is 1. The molecular formula is C23H18Br2N2O6. The molecule has 2 aromatic carbocycles. The second-order valence-corrected chi connectivity index (χ2v) is 8.11. The predicted molar refractivity (Wildman–Crippen MR) is 129 cm³/mol. The third-order valence-corrected chi connectivity index (χ3v) is 5.02. The summed E-state index contributed by atoms with van der Waals surface area (Å²) in [7, 11) is 1.51. The summed E-state index contributed by atoms with van der Waals surface area (Å²) >= 11 is 6.73. The van der Waals surface area contributed by atoms with Crippen LogP contribution in [-0.2, 0) is 9.59 Å². The molecule has 0 aliphatic rings. The third-order valence-electron chi connectivity index (χ3n) is 3.97. The smallest absolute Gasteiger partial charge is 0.336 e. The Labute approximate surface area is 206 Å². The van der Waals surface area contributed by atoms with Gasteiger partial charge < -0.3 is 18.6 Å². The highest BCUT2D eigenvalue weighted by molar-refractivity contribution is 9.11. The number of benzene rings is 2. The summed E-state index contributed by atoms with van der Waals surface area (Å²) in [5.74, 6) is 0.821. The molecule has 0 aliphatic carbocycles. The van der Waals surface area contributed by atoms with Crippen molar-refractivity contribution in [3.05, 3.63) is 81.1 Å². The first-order valence-corrected chi connectivity index (χ1v) is 11.0. The van der Waals surface area contributed by atoms with Gasteiger partial charge in [0.05, 0.1) is 24.1 Å². The van der Waals surface area contributed by atoms with Crippen LogP contribution in [-0.4, -0.2) is 31.8 Å². The quantitative estimate of drug-likeness (QED) is 0.127. The number of hydrogen-bond donors (Lipinski definition) is 1. The Hall–Kier alpha value is -3.37. The van der Waals surface area contributed by atoms with Crippen LogP contribution in [0.25, 0.3) is 6.08 Å². The third kappa shape index (κ3) is 7.62. The highest BCUT2D eigenvalue weighted by Crippen LogP contribution is 2.38. The summed E-state index contributed by atoms with van der Waals surface area (Å²) < 4.78 is 22.5. The van der Waals surface area contributed by atoms with Gasteiger partial charge in [0.1, 0.15) is 11.5 Å². The number of methoxy groups -OCH3 is 1. The summed E-state index contributed by atoms with van der Waals surface area (Å²) in [6, 6.07) is 13.6. The van der Waals surface area contributed by atoms with Crippen molar-refractivity contribution in [1.29, 1.82) is 0 Å². The van der Waals surface area contributed by atoms with Gasteiger partial charge in [-0.3, -0.25) is 4.79 Å². The zero-order valence-electron chi connectivity index (χ0n) is 17.3. The molecule has 3 aromatic rings. The number of furan rings is 1. The van der Waals surface area contributed by atoms with Crippen LogP contribution in [0.15, 0.2) is 79.3 Å². The molecule has 1 amide bonds. The number of nitrogens with zero attached hydrogens (tertiary/aromatic N) is 1. The summed E-state index contributed by atoms with van der Waals surface area (Å²) in [6.45, 7) is -0.256. The lowest BCUT2D eigenvalue weighted by Gasteiger charge is -2.12. The van der Waals surface area contributed by atoms with Crippen LogP contribution in [0.4, 0.5) is 0 Å². The Morgan fingerprint density at radius 2 is 1.94 bits per heavy atom. The number of halogens is 2. The van der Waals surface area contributed by atoms with E-state index in [9.17, 15) is 9.59 Å². The molecule has 0 aliphatic heterocycles. The molecule has 1 N–H and O–H groups in total. The molecule has 0 radical (unpaired) electrons. The SMILES string of the molecule is COc1cc(Br)cc(Br)c1OCC(=O)N/N=C\c1ccc(OC(=O)/C=C/c2ccco2)cc1. The highest BCUT2D eigenvalue weighted by atomic mass is 79.9. The van der Waals surface area contributed by atoms with Crippen LogP contribution in [0.3, 0.4) is 0 Å². The van der Waals surface area contributed by atoms with Gasteiger partial charge in [-0.2, -0.15) is 5.10 Å². The molecule has 0 bridgehead atoms. The number of hydrazone groups is 1. The van der Waals surface area contributed by atoms with E-state index in [1.165, 1.54) is 31.7 Å². The number of hydrogen-bond acceptors (Lipinski definition) is 7. The lowest BCUT2D eigenvalue weighted by Crippen LogP contribution is -2.24. The minimum Gasteiger partial charge on any atom is -0.493 e. The minimum absolute atomic E-state index is 0.256. The van der Waals surface area contributed by atoms with Crippen molar-refractivity contribution in [3.63, 3.8) is 0 Å². The van der Waals surface area contributed by atoms with Gasteiger partial charge in [0, 0.05) is 10.5 Å². The van der Waals surface area contributed by atoms with E-state index in [-0.39, 0.29) is 6.61 Å². The van der Waals surface area contributed by atoms with E-state index in [1.54, 1.807) is 48.5 Å². The van der Waals surface area contributed by atoms with Crippen LogP contribution in [0.1, 0.15) is 11.3 Å². The van der Waals surface area contributed by atoms with Crippen molar-refractivity contribution in [2.75, 3.05) is 13.7 Å². The fraction of sp³-hybridized carbons (Fsp3) is 0.0870. The zero-order valence-corrected chi connectivity index (χ0v) is 20.5. The number of carbonyl (C=O) groups is 2. The number of rotatable bonds is 9. The Kier molecular flexibility index (Phi) is 8.85. The molecule has 0 unspecified atom stereocenters. The molecular weight excluding hydrogens is 560 g/mol. The first-order chi connectivity index (χ1) is 15.9. The van der Waals surface area contributed by atoms with Crippen molar-refractivity contribution in [3.8, 4) is 17.2 Å². The van der Waals surface area contributed by atoms with Gasteiger partial charge in [-0.05, 0) is 76.1 Å². The maximum Gasteiger partial charge on any atom is 0.336 e. The number of esters is 1. The molecule has 0 saturated heterocycles. The predicted octanol–water partition coefficient (Wildman–Crippen LogP) is 4.96. The van der Waals surface area contributed by atoms with E-state index >= 15 is 0 Å². The second kappa shape index (κ2) is 12.0. The zero-order chi connectivity index (χ0) is 23.6. The molecule has 8 nitrogen and oxygen atoms in total. The Bertz CT molecular complexity index is 1160. The molecule has 10 heteroatoms. The largest absolute Gasteiger partial charge is 0.493 e. The van der Waals surface area contributed by atoms with Crippen LogP contribution in [0.2, 0.25) is 0 Å². The van der Waals surface area contributed by atoms with Gasteiger partial charge in [0.15, 0.2) is 18.1 Å². The average molecular weight is 578 g/mol. The lowest BCUT2D eigenvalue weighted by molar-refractivity contribution is -0.129. The monoisotopic (exact) mass is 576 g/mol. The van der Waals surface area contributed by atoms with Gasteiger partial charge in [0.25, 0.3) is 5.91 Å². The van der Waals surface area contributed by atoms with Crippen LogP contribution >= 0.6 is 31.9 Å². The number of carbonyl (C=O) groups excluding carboxylic acids is 2.